The zero-order valence-corrected chi connectivity index (χ0v) is 15.7. The third-order valence-electron chi connectivity index (χ3n) is 4.37. The van der Waals surface area contributed by atoms with Gasteiger partial charge in [-0.3, -0.25) is 9.59 Å². The van der Waals surface area contributed by atoms with Crippen LogP contribution in [-0.4, -0.2) is 32.8 Å². The molecule has 1 aliphatic heterocycles. The predicted octanol–water partition coefficient (Wildman–Crippen LogP) is 1.67. The minimum Gasteiger partial charge on any atom is -0.355 e. The number of aryl methyl sites for hydroxylation is 1. The fraction of sp³-hybridized carbons (Fsp3) is 0.263. The van der Waals surface area contributed by atoms with Crippen LogP contribution in [0, 0.1) is 0 Å². The van der Waals surface area contributed by atoms with E-state index in [-0.39, 0.29) is 16.4 Å². The molecule has 1 saturated heterocycles. The molecule has 1 heterocycles. The summed E-state index contributed by atoms with van der Waals surface area (Å²) < 4.78 is 27.4. The van der Waals surface area contributed by atoms with E-state index in [9.17, 15) is 18.0 Å². The third kappa shape index (κ3) is 4.53. The maximum atomic E-state index is 12.5. The lowest BCUT2D eigenvalue weighted by Gasteiger charge is -2.12. The first-order valence-electron chi connectivity index (χ1n) is 8.69. The second-order valence-electron chi connectivity index (χ2n) is 6.29. The van der Waals surface area contributed by atoms with Crippen molar-refractivity contribution >= 4 is 27.5 Å². The Kier molecular flexibility index (Phi) is 5.57. The van der Waals surface area contributed by atoms with Gasteiger partial charge in [-0.05, 0) is 48.7 Å². The van der Waals surface area contributed by atoms with Gasteiger partial charge in [0.1, 0.15) is 6.04 Å². The van der Waals surface area contributed by atoms with E-state index in [0.29, 0.717) is 18.7 Å². The van der Waals surface area contributed by atoms with Crippen LogP contribution in [0.3, 0.4) is 0 Å². The van der Waals surface area contributed by atoms with Crippen molar-refractivity contribution in [2.45, 2.75) is 30.7 Å². The van der Waals surface area contributed by atoms with E-state index >= 15 is 0 Å². The molecule has 0 saturated carbocycles. The van der Waals surface area contributed by atoms with Crippen LogP contribution >= 0.6 is 0 Å². The number of amides is 2. The van der Waals surface area contributed by atoms with Crippen molar-refractivity contribution in [1.29, 1.82) is 0 Å². The van der Waals surface area contributed by atoms with Crippen molar-refractivity contribution in [3.63, 3.8) is 0 Å². The highest BCUT2D eigenvalue weighted by molar-refractivity contribution is 7.89. The lowest BCUT2D eigenvalue weighted by atomic mass is 10.1. The van der Waals surface area contributed by atoms with Gasteiger partial charge in [-0.1, -0.05) is 25.1 Å². The smallest absolute Gasteiger partial charge is 0.255 e. The van der Waals surface area contributed by atoms with Gasteiger partial charge < -0.3 is 10.6 Å². The average Bonchev–Trinajstić information content (AvgIpc) is 3.06. The zero-order valence-electron chi connectivity index (χ0n) is 14.9. The number of carbonyl (C=O) groups is 2. The van der Waals surface area contributed by atoms with Crippen molar-refractivity contribution in [1.82, 2.24) is 10.0 Å². The van der Waals surface area contributed by atoms with E-state index in [1.165, 1.54) is 24.3 Å². The summed E-state index contributed by atoms with van der Waals surface area (Å²) in [6, 6.07) is 12.4. The van der Waals surface area contributed by atoms with Crippen molar-refractivity contribution in [3.8, 4) is 0 Å². The lowest BCUT2D eigenvalue weighted by Crippen LogP contribution is -2.40. The van der Waals surface area contributed by atoms with Crippen LogP contribution in [0.5, 0.6) is 0 Å². The molecule has 0 aromatic heterocycles. The normalized spacial score (nSPS) is 16.8. The molecular formula is C19H21N3O4S. The minimum atomic E-state index is -3.91. The van der Waals surface area contributed by atoms with Crippen LogP contribution in [0.25, 0.3) is 0 Å². The standard InChI is InChI=1S/C19H21N3O4S/c1-2-13-6-8-15(9-7-13)21-18(23)14-4-3-5-16(12-14)27(25,26)22-17-10-11-20-19(17)24/h3-9,12,17,22H,2,10-11H2,1H3,(H,20,24)(H,21,23). The van der Waals surface area contributed by atoms with Crippen LogP contribution in [-0.2, 0) is 21.2 Å². The predicted molar refractivity (Wildman–Crippen MR) is 102 cm³/mol. The summed E-state index contributed by atoms with van der Waals surface area (Å²) in [5.74, 6) is -0.752. The van der Waals surface area contributed by atoms with Gasteiger partial charge in [0.05, 0.1) is 4.90 Å². The first-order chi connectivity index (χ1) is 12.9. The monoisotopic (exact) mass is 387 g/mol. The Balaban J connectivity index is 1.75. The molecule has 0 radical (unpaired) electrons. The molecule has 7 nitrogen and oxygen atoms in total. The van der Waals surface area contributed by atoms with Crippen LogP contribution in [0.1, 0.15) is 29.3 Å². The van der Waals surface area contributed by atoms with Crippen molar-refractivity contribution in [2.24, 2.45) is 0 Å². The molecule has 0 aliphatic carbocycles. The van der Waals surface area contributed by atoms with Crippen molar-refractivity contribution < 1.29 is 18.0 Å². The fourth-order valence-corrected chi connectivity index (χ4v) is 4.07. The van der Waals surface area contributed by atoms with Gasteiger partial charge in [-0.25, -0.2) is 8.42 Å². The first kappa shape index (κ1) is 19.1. The maximum absolute atomic E-state index is 12.5. The van der Waals surface area contributed by atoms with Crippen LogP contribution < -0.4 is 15.4 Å². The Morgan fingerprint density at radius 3 is 2.56 bits per heavy atom. The molecule has 1 aliphatic rings. The van der Waals surface area contributed by atoms with Gasteiger partial charge >= 0.3 is 0 Å². The second-order valence-corrected chi connectivity index (χ2v) is 8.00. The number of sulfonamides is 1. The molecule has 142 valence electrons. The zero-order chi connectivity index (χ0) is 19.4. The molecule has 1 atom stereocenters. The van der Waals surface area contributed by atoms with E-state index in [0.717, 1.165) is 12.0 Å². The summed E-state index contributed by atoms with van der Waals surface area (Å²) in [7, 11) is -3.91. The largest absolute Gasteiger partial charge is 0.355 e. The molecule has 0 bridgehead atoms. The van der Waals surface area contributed by atoms with E-state index in [1.54, 1.807) is 12.1 Å². The van der Waals surface area contributed by atoms with Gasteiger partial charge in [0.15, 0.2) is 0 Å². The molecule has 1 unspecified atom stereocenters. The highest BCUT2D eigenvalue weighted by atomic mass is 32.2. The molecule has 3 N–H and O–H groups in total. The molecule has 1 fully saturated rings. The summed E-state index contributed by atoms with van der Waals surface area (Å²) >= 11 is 0. The van der Waals surface area contributed by atoms with Gasteiger partial charge in [0.25, 0.3) is 5.91 Å². The Hall–Kier alpha value is -2.71. The summed E-state index contributed by atoms with van der Waals surface area (Å²) in [4.78, 5) is 24.0. The van der Waals surface area contributed by atoms with Gasteiger partial charge in [0.2, 0.25) is 15.9 Å². The molecular weight excluding hydrogens is 366 g/mol. The number of benzene rings is 2. The number of carbonyl (C=O) groups excluding carboxylic acids is 2. The first-order valence-corrected chi connectivity index (χ1v) is 10.2. The average molecular weight is 387 g/mol. The Morgan fingerprint density at radius 1 is 1.19 bits per heavy atom. The highest BCUT2D eigenvalue weighted by Crippen LogP contribution is 2.16. The van der Waals surface area contributed by atoms with Crippen molar-refractivity contribution in [3.05, 3.63) is 59.7 Å². The molecule has 2 aromatic carbocycles. The van der Waals surface area contributed by atoms with Gasteiger partial charge in [-0.15, -0.1) is 0 Å². The molecule has 8 heteroatoms. The van der Waals surface area contributed by atoms with Gasteiger partial charge in [-0.2, -0.15) is 4.72 Å². The van der Waals surface area contributed by atoms with E-state index in [2.05, 4.69) is 15.4 Å². The van der Waals surface area contributed by atoms with E-state index in [1.807, 2.05) is 19.1 Å². The second kappa shape index (κ2) is 7.89. The number of anilines is 1. The molecule has 2 amide bonds. The molecule has 0 spiro atoms. The fourth-order valence-electron chi connectivity index (χ4n) is 2.79. The van der Waals surface area contributed by atoms with E-state index < -0.39 is 22.0 Å². The van der Waals surface area contributed by atoms with E-state index in [4.69, 9.17) is 0 Å². The van der Waals surface area contributed by atoms with Crippen LogP contribution in [0.15, 0.2) is 53.4 Å². The van der Waals surface area contributed by atoms with Crippen molar-refractivity contribution in [2.75, 3.05) is 11.9 Å². The molecule has 2 aromatic rings. The summed E-state index contributed by atoms with van der Waals surface area (Å²) in [6.07, 6.45) is 1.30. The number of nitrogens with one attached hydrogen (secondary N) is 3. The maximum Gasteiger partial charge on any atom is 0.255 e. The number of hydrogen-bond acceptors (Lipinski definition) is 4. The molecule has 3 rings (SSSR count). The minimum absolute atomic E-state index is 0.0591. The molecule has 27 heavy (non-hydrogen) atoms. The van der Waals surface area contributed by atoms with Crippen LogP contribution in [0.2, 0.25) is 0 Å². The van der Waals surface area contributed by atoms with Gasteiger partial charge in [0, 0.05) is 17.8 Å². The van der Waals surface area contributed by atoms with Crippen LogP contribution in [0.4, 0.5) is 5.69 Å². The lowest BCUT2D eigenvalue weighted by molar-refractivity contribution is -0.120. The Bertz CT molecular complexity index is 955. The third-order valence-corrected chi connectivity index (χ3v) is 5.84. The topological polar surface area (TPSA) is 104 Å². The summed E-state index contributed by atoms with van der Waals surface area (Å²) in [6.45, 7) is 2.48. The Labute approximate surface area is 158 Å². The number of hydrogen-bond donors (Lipinski definition) is 3. The quantitative estimate of drug-likeness (QED) is 0.701. The SMILES string of the molecule is CCc1ccc(NC(=O)c2cccc(S(=O)(=O)NC3CCNC3=O)c2)cc1. The summed E-state index contributed by atoms with van der Waals surface area (Å²) in [5.41, 5.74) is 2.00. The highest BCUT2D eigenvalue weighted by Gasteiger charge is 2.29. The Morgan fingerprint density at radius 2 is 1.93 bits per heavy atom. The summed E-state index contributed by atoms with van der Waals surface area (Å²) in [5, 5.41) is 5.33. The number of rotatable bonds is 6.